The number of anilines is 1. The second kappa shape index (κ2) is 7.36. The van der Waals surface area contributed by atoms with Crippen molar-refractivity contribution in [2.45, 2.75) is 17.3 Å². The second-order valence-corrected chi connectivity index (χ2v) is 6.66. The Bertz CT molecular complexity index is 812. The van der Waals surface area contributed by atoms with Crippen LogP contribution in [0.3, 0.4) is 0 Å². The van der Waals surface area contributed by atoms with Crippen molar-refractivity contribution >= 4 is 23.4 Å². The highest BCUT2D eigenvalue weighted by Gasteiger charge is 2.23. The molecule has 4 nitrogen and oxygen atoms in total. The van der Waals surface area contributed by atoms with Gasteiger partial charge >= 0.3 is 0 Å². The molecule has 0 bridgehead atoms. The summed E-state index contributed by atoms with van der Waals surface area (Å²) in [4.78, 5) is 17.2. The van der Waals surface area contributed by atoms with E-state index in [9.17, 15) is 4.79 Å². The van der Waals surface area contributed by atoms with Gasteiger partial charge in [-0.3, -0.25) is 4.79 Å². The number of carbonyl (C=O) groups excluding carboxylic acids is 1. The molecule has 3 aromatic rings. The second-order valence-electron chi connectivity index (χ2n) is 5.58. The monoisotopic (exact) mass is 337 g/mol. The molecule has 1 unspecified atom stereocenters. The molecular weight excluding hydrogens is 318 g/mol. The lowest BCUT2D eigenvalue weighted by molar-refractivity contribution is -0.115. The van der Waals surface area contributed by atoms with E-state index in [0.29, 0.717) is 0 Å². The minimum atomic E-state index is -0.367. The number of thioether (sulfide) groups is 1. The number of nitrogens with zero attached hydrogens (tertiary/aromatic N) is 2. The van der Waals surface area contributed by atoms with E-state index in [0.717, 1.165) is 22.0 Å². The normalized spacial score (nSPS) is 11.9. The summed E-state index contributed by atoms with van der Waals surface area (Å²) >= 11 is 1.45. The van der Waals surface area contributed by atoms with E-state index in [1.54, 1.807) is 6.20 Å². The summed E-state index contributed by atoms with van der Waals surface area (Å²) in [5.74, 6) is -0.0574. The fraction of sp³-hybridized carbons (Fsp3) is 0.158. The average molecular weight is 337 g/mol. The standard InChI is InChI=1S/C19H19N3OS/c1-14-8-10-16(11-9-14)21-18(23)17(15-6-4-3-5-7-15)24-19-20-12-13-22(19)2/h3-13,17H,1-2H3,(H,21,23). The van der Waals surface area contributed by atoms with Gasteiger partial charge in [-0.25, -0.2) is 4.98 Å². The number of nitrogens with one attached hydrogen (secondary N) is 1. The molecule has 2 aromatic carbocycles. The third-order valence-corrected chi connectivity index (χ3v) is 4.99. The molecule has 0 fully saturated rings. The van der Waals surface area contributed by atoms with Crippen LogP contribution < -0.4 is 5.32 Å². The molecule has 1 amide bonds. The molecule has 1 N–H and O–H groups in total. The predicted molar refractivity (Wildman–Crippen MR) is 98.1 cm³/mol. The maximum absolute atomic E-state index is 12.9. The molecule has 0 saturated carbocycles. The van der Waals surface area contributed by atoms with E-state index in [2.05, 4.69) is 10.3 Å². The summed E-state index contributed by atoms with van der Waals surface area (Å²) < 4.78 is 1.92. The van der Waals surface area contributed by atoms with Gasteiger partial charge in [0.25, 0.3) is 0 Å². The zero-order valence-corrected chi connectivity index (χ0v) is 14.5. The van der Waals surface area contributed by atoms with E-state index in [-0.39, 0.29) is 11.2 Å². The van der Waals surface area contributed by atoms with E-state index in [4.69, 9.17) is 0 Å². The molecule has 5 heteroatoms. The molecule has 0 aliphatic rings. The first kappa shape index (κ1) is 16.3. The largest absolute Gasteiger partial charge is 0.329 e. The number of aryl methyl sites for hydroxylation is 2. The summed E-state index contributed by atoms with van der Waals surface area (Å²) in [6.07, 6.45) is 3.62. The van der Waals surface area contributed by atoms with Crippen molar-refractivity contribution in [3.05, 3.63) is 78.1 Å². The van der Waals surface area contributed by atoms with Crippen molar-refractivity contribution in [2.75, 3.05) is 5.32 Å². The fourth-order valence-electron chi connectivity index (χ4n) is 2.32. The van der Waals surface area contributed by atoms with Crippen LogP contribution in [0.2, 0.25) is 0 Å². The molecule has 0 aliphatic carbocycles. The van der Waals surface area contributed by atoms with Crippen molar-refractivity contribution in [3.63, 3.8) is 0 Å². The molecule has 0 radical (unpaired) electrons. The lowest BCUT2D eigenvalue weighted by Crippen LogP contribution is -2.19. The topological polar surface area (TPSA) is 46.9 Å². The van der Waals surface area contributed by atoms with Crippen molar-refractivity contribution in [1.29, 1.82) is 0 Å². The number of imidazole rings is 1. The predicted octanol–water partition coefficient (Wildman–Crippen LogP) is 4.20. The summed E-state index contributed by atoms with van der Waals surface area (Å²) in [6, 6.07) is 17.6. The lowest BCUT2D eigenvalue weighted by atomic mass is 10.1. The summed E-state index contributed by atoms with van der Waals surface area (Å²) in [5.41, 5.74) is 2.91. The van der Waals surface area contributed by atoms with Gasteiger partial charge in [0.15, 0.2) is 5.16 Å². The lowest BCUT2D eigenvalue weighted by Gasteiger charge is -2.17. The van der Waals surface area contributed by atoms with Crippen LogP contribution in [0.4, 0.5) is 5.69 Å². The molecule has 1 atom stereocenters. The van der Waals surface area contributed by atoms with E-state index >= 15 is 0 Å². The van der Waals surface area contributed by atoms with Gasteiger partial charge in [0.05, 0.1) is 0 Å². The van der Waals surface area contributed by atoms with E-state index in [1.165, 1.54) is 11.8 Å². The number of carbonyl (C=O) groups is 1. The number of amides is 1. The van der Waals surface area contributed by atoms with Gasteiger partial charge in [-0.2, -0.15) is 0 Å². The zero-order chi connectivity index (χ0) is 16.9. The SMILES string of the molecule is Cc1ccc(NC(=O)C(Sc2nccn2C)c2ccccc2)cc1. The van der Waals surface area contributed by atoms with Gasteiger partial charge in [0.2, 0.25) is 5.91 Å². The molecule has 3 rings (SSSR count). The Morgan fingerprint density at radius 1 is 1.12 bits per heavy atom. The fourth-order valence-corrected chi connectivity index (χ4v) is 3.34. The molecule has 1 heterocycles. The van der Waals surface area contributed by atoms with Crippen LogP contribution in [0, 0.1) is 6.92 Å². The first-order valence-corrected chi connectivity index (χ1v) is 8.58. The molecule has 122 valence electrons. The van der Waals surface area contributed by atoms with E-state index < -0.39 is 0 Å². The molecular formula is C19H19N3OS. The first-order chi connectivity index (χ1) is 11.6. The first-order valence-electron chi connectivity index (χ1n) is 7.70. The van der Waals surface area contributed by atoms with Crippen LogP contribution in [0.1, 0.15) is 16.4 Å². The maximum Gasteiger partial charge on any atom is 0.242 e. The molecule has 0 saturated heterocycles. The number of aromatic nitrogens is 2. The van der Waals surface area contributed by atoms with Gasteiger partial charge in [-0.05, 0) is 24.6 Å². The van der Waals surface area contributed by atoms with E-state index in [1.807, 2.05) is 79.3 Å². The van der Waals surface area contributed by atoms with Crippen molar-refractivity contribution in [2.24, 2.45) is 7.05 Å². The molecule has 0 spiro atoms. The Balaban J connectivity index is 1.85. The molecule has 0 aliphatic heterocycles. The van der Waals surface area contributed by atoms with Gasteiger partial charge in [0, 0.05) is 25.1 Å². The summed E-state index contributed by atoms with van der Waals surface area (Å²) in [5, 5.41) is 3.44. The van der Waals surface area contributed by atoms with Crippen LogP contribution in [-0.4, -0.2) is 15.5 Å². The number of hydrogen-bond donors (Lipinski definition) is 1. The van der Waals surface area contributed by atoms with Crippen molar-refractivity contribution in [3.8, 4) is 0 Å². The number of hydrogen-bond acceptors (Lipinski definition) is 3. The third-order valence-electron chi connectivity index (χ3n) is 3.66. The van der Waals surface area contributed by atoms with Crippen molar-refractivity contribution in [1.82, 2.24) is 9.55 Å². The van der Waals surface area contributed by atoms with Crippen LogP contribution in [-0.2, 0) is 11.8 Å². The molecule has 24 heavy (non-hydrogen) atoms. The third kappa shape index (κ3) is 3.86. The Morgan fingerprint density at radius 2 is 1.83 bits per heavy atom. The van der Waals surface area contributed by atoms with Gasteiger partial charge in [-0.15, -0.1) is 0 Å². The van der Waals surface area contributed by atoms with Crippen LogP contribution in [0.5, 0.6) is 0 Å². The Labute approximate surface area is 145 Å². The quantitative estimate of drug-likeness (QED) is 0.710. The molecule has 1 aromatic heterocycles. The minimum Gasteiger partial charge on any atom is -0.329 e. The summed E-state index contributed by atoms with van der Waals surface area (Å²) in [6.45, 7) is 2.02. The minimum absolute atomic E-state index is 0.0574. The van der Waals surface area contributed by atoms with Crippen LogP contribution >= 0.6 is 11.8 Å². The van der Waals surface area contributed by atoms with Gasteiger partial charge in [0.1, 0.15) is 5.25 Å². The van der Waals surface area contributed by atoms with Crippen LogP contribution in [0.25, 0.3) is 0 Å². The summed E-state index contributed by atoms with van der Waals surface area (Å²) in [7, 11) is 1.93. The van der Waals surface area contributed by atoms with Crippen LogP contribution in [0.15, 0.2) is 72.1 Å². The number of benzene rings is 2. The van der Waals surface area contributed by atoms with Crippen molar-refractivity contribution < 1.29 is 4.79 Å². The highest BCUT2D eigenvalue weighted by atomic mass is 32.2. The average Bonchev–Trinajstić information content (AvgIpc) is 3.00. The number of rotatable bonds is 5. The maximum atomic E-state index is 12.9. The van der Waals surface area contributed by atoms with Gasteiger partial charge < -0.3 is 9.88 Å². The van der Waals surface area contributed by atoms with Gasteiger partial charge in [-0.1, -0.05) is 59.8 Å². The Morgan fingerprint density at radius 3 is 2.46 bits per heavy atom. The Hall–Kier alpha value is -2.53. The zero-order valence-electron chi connectivity index (χ0n) is 13.6. The Kier molecular flexibility index (Phi) is 5.01. The highest BCUT2D eigenvalue weighted by molar-refractivity contribution is 8.00. The highest BCUT2D eigenvalue weighted by Crippen LogP contribution is 2.35. The smallest absolute Gasteiger partial charge is 0.242 e.